The standard InChI is InChI=1S/C20H14F3N5O2S/c21-20(22,23)19-26-17-6-2-1-5-16(17)18(27-19)25-13-7-9-15(10-8-13)31(29,30)28-14-4-3-11-24-12-14/h1-12,28H,(H,25,26,27). The van der Waals surface area contributed by atoms with Crippen molar-refractivity contribution in [2.45, 2.75) is 11.1 Å². The van der Waals surface area contributed by atoms with Gasteiger partial charge in [-0.05, 0) is 48.5 Å². The number of alkyl halides is 3. The van der Waals surface area contributed by atoms with Crippen LogP contribution in [0, 0.1) is 0 Å². The molecule has 2 aromatic carbocycles. The van der Waals surface area contributed by atoms with Crippen LogP contribution in [0.1, 0.15) is 5.82 Å². The van der Waals surface area contributed by atoms with E-state index < -0.39 is 22.0 Å². The first kappa shape index (κ1) is 20.5. The first-order valence-electron chi connectivity index (χ1n) is 8.86. The Bertz CT molecular complexity index is 1330. The zero-order valence-electron chi connectivity index (χ0n) is 15.6. The van der Waals surface area contributed by atoms with E-state index in [1.54, 1.807) is 30.3 Å². The molecule has 158 valence electrons. The van der Waals surface area contributed by atoms with Crippen molar-refractivity contribution in [3.8, 4) is 0 Å². The van der Waals surface area contributed by atoms with Gasteiger partial charge in [0.15, 0.2) is 0 Å². The molecule has 0 saturated carbocycles. The van der Waals surface area contributed by atoms with E-state index in [9.17, 15) is 21.6 Å². The highest BCUT2D eigenvalue weighted by Gasteiger charge is 2.35. The molecule has 0 aliphatic carbocycles. The van der Waals surface area contributed by atoms with Crippen LogP contribution < -0.4 is 10.0 Å². The molecule has 0 spiro atoms. The zero-order valence-corrected chi connectivity index (χ0v) is 16.4. The fourth-order valence-electron chi connectivity index (χ4n) is 2.79. The SMILES string of the molecule is O=S(=O)(Nc1cccnc1)c1ccc(Nc2nc(C(F)(F)F)nc3ccccc23)cc1. The van der Waals surface area contributed by atoms with Crippen LogP contribution in [0.2, 0.25) is 0 Å². The number of hydrogen-bond acceptors (Lipinski definition) is 6. The van der Waals surface area contributed by atoms with E-state index in [-0.39, 0.29) is 16.2 Å². The minimum atomic E-state index is -4.71. The van der Waals surface area contributed by atoms with Gasteiger partial charge in [-0.3, -0.25) is 9.71 Å². The van der Waals surface area contributed by atoms with E-state index in [1.165, 1.54) is 42.7 Å². The van der Waals surface area contributed by atoms with Crippen LogP contribution in [0.25, 0.3) is 10.9 Å². The van der Waals surface area contributed by atoms with Crippen LogP contribution in [0.15, 0.2) is 78.0 Å². The third-order valence-corrected chi connectivity index (χ3v) is 5.60. The van der Waals surface area contributed by atoms with Gasteiger partial charge in [-0.2, -0.15) is 13.2 Å². The molecule has 0 aliphatic heterocycles. The average molecular weight is 445 g/mol. The number of fused-ring (bicyclic) bond motifs is 1. The molecule has 0 aliphatic rings. The number of rotatable bonds is 5. The van der Waals surface area contributed by atoms with Gasteiger partial charge in [0.1, 0.15) is 5.82 Å². The van der Waals surface area contributed by atoms with Gasteiger partial charge in [0.05, 0.1) is 22.3 Å². The first-order valence-corrected chi connectivity index (χ1v) is 10.3. The molecule has 0 saturated heterocycles. The molecule has 2 heterocycles. The lowest BCUT2D eigenvalue weighted by atomic mass is 10.2. The normalized spacial score (nSPS) is 12.0. The maximum atomic E-state index is 13.2. The molecule has 4 rings (SSSR count). The molecule has 31 heavy (non-hydrogen) atoms. The van der Waals surface area contributed by atoms with Crippen molar-refractivity contribution in [2.24, 2.45) is 0 Å². The highest BCUT2D eigenvalue weighted by atomic mass is 32.2. The Kier molecular flexibility index (Phi) is 5.19. The van der Waals surface area contributed by atoms with Crippen LogP contribution in [-0.4, -0.2) is 23.4 Å². The number of para-hydroxylation sites is 1. The summed E-state index contributed by atoms with van der Waals surface area (Å²) in [5.74, 6) is -1.31. The van der Waals surface area contributed by atoms with Crippen molar-refractivity contribution >= 4 is 38.1 Å². The summed E-state index contributed by atoms with van der Waals surface area (Å²) in [6, 6.07) is 14.9. The summed E-state index contributed by atoms with van der Waals surface area (Å²) in [6.07, 6.45) is -1.83. The third kappa shape index (κ3) is 4.56. The highest BCUT2D eigenvalue weighted by Crippen LogP contribution is 2.31. The topological polar surface area (TPSA) is 96.9 Å². The summed E-state index contributed by atoms with van der Waals surface area (Å²) in [4.78, 5) is 11.0. The first-order chi connectivity index (χ1) is 14.7. The summed E-state index contributed by atoms with van der Waals surface area (Å²) in [5, 5.41) is 3.21. The second-order valence-corrected chi connectivity index (χ2v) is 8.09. The number of halogens is 3. The molecule has 0 atom stereocenters. The summed E-state index contributed by atoms with van der Waals surface area (Å²) in [6.45, 7) is 0. The third-order valence-electron chi connectivity index (χ3n) is 4.20. The Balaban J connectivity index is 1.63. The van der Waals surface area contributed by atoms with E-state index in [1.807, 2.05) is 0 Å². The fraction of sp³-hybridized carbons (Fsp3) is 0.0500. The molecule has 4 aromatic rings. The number of aromatic nitrogens is 3. The summed E-state index contributed by atoms with van der Waals surface area (Å²) >= 11 is 0. The van der Waals surface area contributed by atoms with Gasteiger partial charge >= 0.3 is 6.18 Å². The molecule has 2 aromatic heterocycles. The van der Waals surface area contributed by atoms with Crippen LogP contribution in [0.4, 0.5) is 30.4 Å². The van der Waals surface area contributed by atoms with Gasteiger partial charge < -0.3 is 5.32 Å². The van der Waals surface area contributed by atoms with Crippen molar-refractivity contribution in [3.05, 3.63) is 78.9 Å². The molecule has 0 fully saturated rings. The molecule has 0 radical (unpaired) electrons. The van der Waals surface area contributed by atoms with Gasteiger partial charge in [0, 0.05) is 17.3 Å². The van der Waals surface area contributed by atoms with Crippen molar-refractivity contribution in [1.82, 2.24) is 15.0 Å². The maximum Gasteiger partial charge on any atom is 0.451 e. The fourth-order valence-corrected chi connectivity index (χ4v) is 3.83. The van der Waals surface area contributed by atoms with Gasteiger partial charge in [-0.1, -0.05) is 12.1 Å². The second-order valence-electron chi connectivity index (χ2n) is 6.41. The molecule has 0 amide bonds. The minimum Gasteiger partial charge on any atom is -0.340 e. The lowest BCUT2D eigenvalue weighted by Gasteiger charge is -2.13. The van der Waals surface area contributed by atoms with Crippen LogP contribution in [-0.2, 0) is 16.2 Å². The lowest BCUT2D eigenvalue weighted by Crippen LogP contribution is -2.13. The van der Waals surface area contributed by atoms with E-state index >= 15 is 0 Å². The number of nitrogens with one attached hydrogen (secondary N) is 2. The number of pyridine rings is 1. The smallest absolute Gasteiger partial charge is 0.340 e. The zero-order chi connectivity index (χ0) is 22.1. The highest BCUT2D eigenvalue weighted by molar-refractivity contribution is 7.92. The Labute approximate surface area is 175 Å². The predicted molar refractivity (Wildman–Crippen MR) is 109 cm³/mol. The van der Waals surface area contributed by atoms with Crippen molar-refractivity contribution < 1.29 is 21.6 Å². The predicted octanol–water partition coefficient (Wildman–Crippen LogP) is 4.59. The number of anilines is 3. The number of nitrogens with zero attached hydrogens (tertiary/aromatic N) is 3. The van der Waals surface area contributed by atoms with E-state index in [0.29, 0.717) is 16.8 Å². The quantitative estimate of drug-likeness (QED) is 0.467. The number of sulfonamides is 1. The van der Waals surface area contributed by atoms with Crippen molar-refractivity contribution in [1.29, 1.82) is 0 Å². The van der Waals surface area contributed by atoms with Crippen LogP contribution in [0.5, 0.6) is 0 Å². The van der Waals surface area contributed by atoms with Crippen molar-refractivity contribution in [3.63, 3.8) is 0 Å². The maximum absolute atomic E-state index is 13.2. The Morgan fingerprint density at radius 2 is 1.58 bits per heavy atom. The minimum absolute atomic E-state index is 0.0228. The Hall–Kier alpha value is -3.73. The molecular weight excluding hydrogens is 431 g/mol. The van der Waals surface area contributed by atoms with Gasteiger partial charge in [0.25, 0.3) is 10.0 Å². The Morgan fingerprint density at radius 1 is 0.839 bits per heavy atom. The van der Waals surface area contributed by atoms with Crippen LogP contribution >= 0.6 is 0 Å². The van der Waals surface area contributed by atoms with Gasteiger partial charge in [-0.15, -0.1) is 0 Å². The van der Waals surface area contributed by atoms with Crippen molar-refractivity contribution in [2.75, 3.05) is 10.0 Å². The molecular formula is C20H14F3N5O2S. The van der Waals surface area contributed by atoms with E-state index in [0.717, 1.165) is 0 Å². The molecule has 0 unspecified atom stereocenters. The van der Waals surface area contributed by atoms with Gasteiger partial charge in [-0.25, -0.2) is 18.4 Å². The number of hydrogen-bond donors (Lipinski definition) is 2. The van der Waals surface area contributed by atoms with E-state index in [4.69, 9.17) is 0 Å². The summed E-state index contributed by atoms with van der Waals surface area (Å²) in [5.41, 5.74) is 0.793. The Morgan fingerprint density at radius 3 is 2.26 bits per heavy atom. The van der Waals surface area contributed by atoms with Gasteiger partial charge in [0.2, 0.25) is 5.82 Å². The monoisotopic (exact) mass is 445 g/mol. The largest absolute Gasteiger partial charge is 0.451 e. The summed E-state index contributed by atoms with van der Waals surface area (Å²) in [7, 11) is -3.86. The average Bonchev–Trinajstić information content (AvgIpc) is 2.74. The van der Waals surface area contributed by atoms with Crippen LogP contribution in [0.3, 0.4) is 0 Å². The molecule has 11 heteroatoms. The lowest BCUT2D eigenvalue weighted by molar-refractivity contribution is -0.144. The second kappa shape index (κ2) is 7.84. The number of benzene rings is 2. The molecule has 0 bridgehead atoms. The van der Waals surface area contributed by atoms with E-state index in [2.05, 4.69) is 25.0 Å². The summed E-state index contributed by atoms with van der Waals surface area (Å²) < 4.78 is 66.9. The molecule has 7 nitrogen and oxygen atoms in total. The molecule has 2 N–H and O–H groups in total.